The van der Waals surface area contributed by atoms with Crippen molar-refractivity contribution in [1.82, 2.24) is 9.78 Å². The Labute approximate surface area is 111 Å². The smallest absolute Gasteiger partial charge is 0.132 e. The summed E-state index contributed by atoms with van der Waals surface area (Å²) < 4.78 is 1.81. The molecule has 2 nitrogen and oxygen atoms in total. The Kier molecular flexibility index (Phi) is 4.08. The van der Waals surface area contributed by atoms with Crippen molar-refractivity contribution in [3.8, 4) is 0 Å². The maximum atomic E-state index is 6.27. The van der Waals surface area contributed by atoms with Crippen molar-refractivity contribution in [2.24, 2.45) is 0 Å². The lowest BCUT2D eigenvalue weighted by Crippen LogP contribution is -2.02. The molecular weight excluding hydrogens is 255 g/mol. The fourth-order valence-electron chi connectivity index (χ4n) is 1.80. The molecule has 0 amide bonds. The molecule has 0 N–H and O–H groups in total. The van der Waals surface area contributed by atoms with E-state index >= 15 is 0 Å². The van der Waals surface area contributed by atoms with Crippen LogP contribution in [-0.2, 0) is 18.8 Å². The molecule has 0 aliphatic carbocycles. The molecule has 2 rings (SSSR count). The quantitative estimate of drug-likeness (QED) is 0.770. The van der Waals surface area contributed by atoms with Gasteiger partial charge in [-0.25, -0.2) is 4.68 Å². The Morgan fingerprint density at radius 3 is 2.47 bits per heavy atom. The van der Waals surface area contributed by atoms with Gasteiger partial charge in [0.05, 0.1) is 18.1 Å². The molecule has 0 saturated carbocycles. The van der Waals surface area contributed by atoms with Gasteiger partial charge in [-0.1, -0.05) is 48.9 Å². The van der Waals surface area contributed by atoms with Gasteiger partial charge in [-0.2, -0.15) is 5.10 Å². The molecule has 0 spiro atoms. The van der Waals surface area contributed by atoms with Gasteiger partial charge in [-0.15, -0.1) is 11.6 Å². The molecule has 1 aromatic carbocycles. The highest BCUT2D eigenvalue weighted by molar-refractivity contribution is 6.31. The number of hydrogen-bond donors (Lipinski definition) is 0. The summed E-state index contributed by atoms with van der Waals surface area (Å²) in [6.07, 6.45) is 0.851. The first-order chi connectivity index (χ1) is 8.26. The minimum absolute atomic E-state index is 0.413. The second-order valence-corrected chi connectivity index (χ2v) is 4.47. The standard InChI is InChI=1S/C13H14Cl2N2/c1-2-12-11(8-14)13(15)17(16-12)9-10-6-4-3-5-7-10/h3-7H,2,8-9H2,1H3. The van der Waals surface area contributed by atoms with Crippen LogP contribution in [0.4, 0.5) is 0 Å². The Morgan fingerprint density at radius 2 is 1.94 bits per heavy atom. The number of benzene rings is 1. The van der Waals surface area contributed by atoms with Gasteiger partial charge in [-0.05, 0) is 12.0 Å². The lowest BCUT2D eigenvalue weighted by molar-refractivity contribution is 0.674. The highest BCUT2D eigenvalue weighted by Gasteiger charge is 2.13. The van der Waals surface area contributed by atoms with Crippen molar-refractivity contribution >= 4 is 23.2 Å². The number of aryl methyl sites for hydroxylation is 1. The fourth-order valence-corrected chi connectivity index (χ4v) is 2.42. The first kappa shape index (κ1) is 12.5. The van der Waals surface area contributed by atoms with E-state index in [1.54, 1.807) is 0 Å². The molecule has 1 aromatic heterocycles. The zero-order valence-electron chi connectivity index (χ0n) is 9.66. The zero-order valence-corrected chi connectivity index (χ0v) is 11.2. The average molecular weight is 269 g/mol. The molecule has 0 aliphatic rings. The highest BCUT2D eigenvalue weighted by atomic mass is 35.5. The molecule has 0 saturated heterocycles. The lowest BCUT2D eigenvalue weighted by Gasteiger charge is -2.03. The molecule has 0 bridgehead atoms. The maximum absolute atomic E-state index is 6.27. The van der Waals surface area contributed by atoms with E-state index in [2.05, 4.69) is 24.2 Å². The van der Waals surface area contributed by atoms with Crippen LogP contribution in [0.3, 0.4) is 0 Å². The highest BCUT2D eigenvalue weighted by Crippen LogP contribution is 2.23. The molecule has 1 heterocycles. The summed E-state index contributed by atoms with van der Waals surface area (Å²) >= 11 is 12.2. The fraction of sp³-hybridized carbons (Fsp3) is 0.308. The largest absolute Gasteiger partial charge is 0.249 e. The third-order valence-electron chi connectivity index (χ3n) is 2.71. The molecule has 0 radical (unpaired) electrons. The maximum Gasteiger partial charge on any atom is 0.132 e. The number of rotatable bonds is 4. The minimum atomic E-state index is 0.413. The van der Waals surface area contributed by atoms with E-state index in [0.717, 1.165) is 17.7 Å². The SMILES string of the molecule is CCc1nn(Cc2ccccc2)c(Cl)c1CCl. The van der Waals surface area contributed by atoms with Gasteiger partial charge >= 0.3 is 0 Å². The molecule has 0 unspecified atom stereocenters. The molecule has 4 heteroatoms. The Morgan fingerprint density at radius 1 is 1.24 bits per heavy atom. The van der Waals surface area contributed by atoms with Crippen molar-refractivity contribution < 1.29 is 0 Å². The summed E-state index contributed by atoms with van der Waals surface area (Å²) in [5.41, 5.74) is 3.12. The summed E-state index contributed by atoms with van der Waals surface area (Å²) in [5, 5.41) is 5.15. The van der Waals surface area contributed by atoms with Crippen molar-refractivity contribution in [3.05, 3.63) is 52.3 Å². The van der Waals surface area contributed by atoms with E-state index in [0.29, 0.717) is 17.6 Å². The molecule has 0 atom stereocenters. The predicted octanol–water partition coefficient (Wildman–Crippen LogP) is 3.89. The first-order valence-corrected chi connectivity index (χ1v) is 6.51. The Bertz CT molecular complexity index is 492. The van der Waals surface area contributed by atoms with Crippen LogP contribution >= 0.6 is 23.2 Å². The van der Waals surface area contributed by atoms with Crippen LogP contribution in [0.25, 0.3) is 0 Å². The van der Waals surface area contributed by atoms with Gasteiger partial charge in [0.25, 0.3) is 0 Å². The van der Waals surface area contributed by atoms with Gasteiger partial charge < -0.3 is 0 Å². The van der Waals surface area contributed by atoms with Crippen molar-refractivity contribution in [3.63, 3.8) is 0 Å². The van der Waals surface area contributed by atoms with Crippen molar-refractivity contribution in [2.75, 3.05) is 0 Å². The van der Waals surface area contributed by atoms with E-state index in [9.17, 15) is 0 Å². The molecule has 90 valence electrons. The molecule has 2 aromatic rings. The monoisotopic (exact) mass is 268 g/mol. The van der Waals surface area contributed by atoms with Crippen LogP contribution in [0.2, 0.25) is 5.15 Å². The Hall–Kier alpha value is -0.990. The number of nitrogens with zero attached hydrogens (tertiary/aromatic N) is 2. The van der Waals surface area contributed by atoms with Gasteiger partial charge in [0.2, 0.25) is 0 Å². The van der Waals surface area contributed by atoms with Gasteiger partial charge in [0.1, 0.15) is 5.15 Å². The van der Waals surface area contributed by atoms with E-state index in [1.807, 2.05) is 22.9 Å². The number of halogens is 2. The minimum Gasteiger partial charge on any atom is -0.249 e. The summed E-state index contributed by atoms with van der Waals surface area (Å²) in [7, 11) is 0. The van der Waals surface area contributed by atoms with Crippen LogP contribution in [0.15, 0.2) is 30.3 Å². The predicted molar refractivity (Wildman–Crippen MR) is 71.7 cm³/mol. The second kappa shape index (κ2) is 5.56. The summed E-state index contributed by atoms with van der Waals surface area (Å²) in [6, 6.07) is 10.1. The van der Waals surface area contributed by atoms with Crippen molar-refractivity contribution in [1.29, 1.82) is 0 Å². The van der Waals surface area contributed by atoms with E-state index < -0.39 is 0 Å². The average Bonchev–Trinajstić information content (AvgIpc) is 2.67. The zero-order chi connectivity index (χ0) is 12.3. The van der Waals surface area contributed by atoms with Crippen LogP contribution in [0.1, 0.15) is 23.7 Å². The van der Waals surface area contributed by atoms with E-state index in [4.69, 9.17) is 23.2 Å². The molecule has 0 aliphatic heterocycles. The van der Waals surface area contributed by atoms with Crippen molar-refractivity contribution in [2.45, 2.75) is 25.8 Å². The van der Waals surface area contributed by atoms with Crippen LogP contribution in [0.5, 0.6) is 0 Å². The topological polar surface area (TPSA) is 17.8 Å². The Balaban J connectivity index is 2.31. The van der Waals surface area contributed by atoms with Crippen LogP contribution in [0, 0.1) is 0 Å². The molecular formula is C13H14Cl2N2. The van der Waals surface area contributed by atoms with Gasteiger partial charge in [0.15, 0.2) is 0 Å². The van der Waals surface area contributed by atoms with E-state index in [-0.39, 0.29) is 0 Å². The first-order valence-electron chi connectivity index (χ1n) is 5.60. The van der Waals surface area contributed by atoms with Crippen LogP contribution < -0.4 is 0 Å². The number of hydrogen-bond acceptors (Lipinski definition) is 1. The van der Waals surface area contributed by atoms with Crippen LogP contribution in [-0.4, -0.2) is 9.78 Å². The van der Waals surface area contributed by atoms with Gasteiger partial charge in [-0.3, -0.25) is 0 Å². The lowest BCUT2D eigenvalue weighted by atomic mass is 10.2. The molecule has 17 heavy (non-hydrogen) atoms. The number of alkyl halides is 1. The molecule has 0 fully saturated rings. The summed E-state index contributed by atoms with van der Waals surface area (Å²) in [6.45, 7) is 2.74. The normalized spacial score (nSPS) is 10.8. The second-order valence-electron chi connectivity index (χ2n) is 3.85. The summed E-state index contributed by atoms with van der Waals surface area (Å²) in [5.74, 6) is 0.413. The third kappa shape index (κ3) is 2.64. The van der Waals surface area contributed by atoms with Gasteiger partial charge in [0, 0.05) is 5.56 Å². The van der Waals surface area contributed by atoms with E-state index in [1.165, 1.54) is 5.56 Å². The summed E-state index contributed by atoms with van der Waals surface area (Å²) in [4.78, 5) is 0. The third-order valence-corrected chi connectivity index (χ3v) is 3.40. The number of aromatic nitrogens is 2.